The van der Waals surface area contributed by atoms with Crippen LogP contribution in [0.3, 0.4) is 0 Å². The van der Waals surface area contributed by atoms with E-state index >= 15 is 0 Å². The number of furan rings is 1. The second kappa shape index (κ2) is 6.11. The van der Waals surface area contributed by atoms with Crippen molar-refractivity contribution in [2.45, 2.75) is 6.92 Å². The van der Waals surface area contributed by atoms with E-state index in [0.29, 0.717) is 11.5 Å². The number of halogens is 1. The molecule has 0 bridgehead atoms. The standard InChI is InChI=1S/C21H14FNO3/c1-12-2-3-14(21(24)25)9-18(12)16-8-15-10-19(26-20(15)23-11-16)13-4-6-17(22)7-5-13/h2-11H,1H3,(H,24,25). The topological polar surface area (TPSA) is 63.3 Å². The van der Waals surface area contributed by atoms with Crippen molar-refractivity contribution < 1.29 is 18.7 Å². The zero-order valence-corrected chi connectivity index (χ0v) is 13.9. The number of nitrogens with zero attached hydrogens (tertiary/aromatic N) is 1. The monoisotopic (exact) mass is 347 g/mol. The highest BCUT2D eigenvalue weighted by molar-refractivity contribution is 5.91. The number of carboxylic acid groups (broad SMARTS) is 1. The van der Waals surface area contributed by atoms with Crippen molar-refractivity contribution in [2.75, 3.05) is 0 Å². The van der Waals surface area contributed by atoms with E-state index in [4.69, 9.17) is 4.42 Å². The summed E-state index contributed by atoms with van der Waals surface area (Å²) >= 11 is 0. The van der Waals surface area contributed by atoms with Crippen LogP contribution in [0.4, 0.5) is 4.39 Å². The zero-order chi connectivity index (χ0) is 18.3. The van der Waals surface area contributed by atoms with Gasteiger partial charge in [-0.2, -0.15) is 0 Å². The molecule has 2 aromatic carbocycles. The van der Waals surface area contributed by atoms with Gasteiger partial charge in [0.05, 0.1) is 5.56 Å². The fourth-order valence-electron chi connectivity index (χ4n) is 2.90. The number of pyridine rings is 1. The van der Waals surface area contributed by atoms with Crippen LogP contribution in [0.25, 0.3) is 33.6 Å². The summed E-state index contributed by atoms with van der Waals surface area (Å²) in [5.74, 6) is -0.679. The highest BCUT2D eigenvalue weighted by atomic mass is 19.1. The lowest BCUT2D eigenvalue weighted by molar-refractivity contribution is 0.0697. The van der Waals surface area contributed by atoms with Gasteiger partial charge in [-0.1, -0.05) is 6.07 Å². The first-order chi connectivity index (χ1) is 12.5. The summed E-state index contributed by atoms with van der Waals surface area (Å²) in [4.78, 5) is 15.6. The van der Waals surface area contributed by atoms with E-state index in [1.54, 1.807) is 36.5 Å². The van der Waals surface area contributed by atoms with Gasteiger partial charge in [-0.25, -0.2) is 14.2 Å². The SMILES string of the molecule is Cc1ccc(C(=O)O)cc1-c1cnc2oc(-c3ccc(F)cc3)cc2c1. The Balaban J connectivity index is 1.80. The molecule has 2 aromatic heterocycles. The van der Waals surface area contributed by atoms with E-state index in [1.807, 2.05) is 19.1 Å². The molecule has 0 saturated carbocycles. The summed E-state index contributed by atoms with van der Waals surface area (Å²) in [7, 11) is 0. The molecule has 0 aliphatic carbocycles. The van der Waals surface area contributed by atoms with Crippen molar-refractivity contribution in [1.29, 1.82) is 0 Å². The second-order valence-electron chi connectivity index (χ2n) is 6.07. The molecule has 0 amide bonds. The Hall–Kier alpha value is -3.47. The number of benzene rings is 2. The number of aryl methyl sites for hydroxylation is 1. The predicted octanol–water partition coefficient (Wildman–Crippen LogP) is 5.31. The highest BCUT2D eigenvalue weighted by Crippen LogP contribution is 2.31. The molecule has 128 valence electrons. The van der Waals surface area contributed by atoms with Crippen LogP contribution in [-0.2, 0) is 0 Å². The highest BCUT2D eigenvalue weighted by Gasteiger charge is 2.12. The summed E-state index contributed by atoms with van der Waals surface area (Å²) in [5, 5.41) is 10.0. The lowest BCUT2D eigenvalue weighted by Crippen LogP contribution is -1.97. The molecule has 0 radical (unpaired) electrons. The fraction of sp³-hybridized carbons (Fsp3) is 0.0476. The molecule has 0 saturated heterocycles. The molecule has 0 atom stereocenters. The van der Waals surface area contributed by atoms with Crippen molar-refractivity contribution in [3.63, 3.8) is 0 Å². The first-order valence-electron chi connectivity index (χ1n) is 8.01. The van der Waals surface area contributed by atoms with Gasteiger partial charge in [-0.15, -0.1) is 0 Å². The average Bonchev–Trinajstić information content (AvgIpc) is 3.05. The molecule has 0 aliphatic rings. The Morgan fingerprint density at radius 3 is 2.54 bits per heavy atom. The van der Waals surface area contributed by atoms with Gasteiger partial charge in [0.25, 0.3) is 0 Å². The van der Waals surface area contributed by atoms with E-state index < -0.39 is 5.97 Å². The number of hydrogen-bond donors (Lipinski definition) is 1. The van der Waals surface area contributed by atoms with Gasteiger partial charge in [0, 0.05) is 22.7 Å². The minimum absolute atomic E-state index is 0.227. The molecule has 4 aromatic rings. The van der Waals surface area contributed by atoms with Crippen LogP contribution >= 0.6 is 0 Å². The summed E-state index contributed by atoms with van der Waals surface area (Å²) < 4.78 is 18.8. The number of aromatic carboxylic acids is 1. The van der Waals surface area contributed by atoms with Crippen molar-refractivity contribution in [2.24, 2.45) is 0 Å². The number of carboxylic acids is 1. The van der Waals surface area contributed by atoms with E-state index in [1.165, 1.54) is 12.1 Å². The van der Waals surface area contributed by atoms with Crippen LogP contribution in [0.5, 0.6) is 0 Å². The lowest BCUT2D eigenvalue weighted by Gasteiger charge is -2.07. The van der Waals surface area contributed by atoms with Gasteiger partial charge in [-0.05, 0) is 66.6 Å². The van der Waals surface area contributed by atoms with E-state index in [-0.39, 0.29) is 11.4 Å². The third-order valence-electron chi connectivity index (χ3n) is 4.30. The van der Waals surface area contributed by atoms with Gasteiger partial charge >= 0.3 is 5.97 Å². The van der Waals surface area contributed by atoms with E-state index in [9.17, 15) is 14.3 Å². The largest absolute Gasteiger partial charge is 0.478 e. The minimum atomic E-state index is -0.970. The van der Waals surface area contributed by atoms with Crippen molar-refractivity contribution in [1.82, 2.24) is 4.98 Å². The molecule has 0 fully saturated rings. The average molecular weight is 347 g/mol. The number of carbonyl (C=O) groups is 1. The van der Waals surface area contributed by atoms with Crippen LogP contribution in [0, 0.1) is 12.7 Å². The molecule has 0 aliphatic heterocycles. The second-order valence-corrected chi connectivity index (χ2v) is 6.07. The Bertz CT molecular complexity index is 1130. The summed E-state index contributed by atoms with van der Waals surface area (Å²) in [6, 6.07) is 14.8. The Kier molecular flexibility index (Phi) is 3.77. The van der Waals surface area contributed by atoms with E-state index in [0.717, 1.165) is 27.6 Å². The maximum Gasteiger partial charge on any atom is 0.335 e. The molecule has 0 spiro atoms. The lowest BCUT2D eigenvalue weighted by atomic mass is 9.99. The third kappa shape index (κ3) is 2.84. The minimum Gasteiger partial charge on any atom is -0.478 e. The van der Waals surface area contributed by atoms with Crippen LogP contribution in [0.2, 0.25) is 0 Å². The predicted molar refractivity (Wildman–Crippen MR) is 96.5 cm³/mol. The van der Waals surface area contributed by atoms with Crippen LogP contribution in [0.15, 0.2) is 65.2 Å². The first kappa shape index (κ1) is 16.0. The van der Waals surface area contributed by atoms with Crippen molar-refractivity contribution in [3.8, 4) is 22.5 Å². The van der Waals surface area contributed by atoms with Gasteiger partial charge in [0.15, 0.2) is 0 Å². The molecule has 4 nitrogen and oxygen atoms in total. The van der Waals surface area contributed by atoms with Crippen LogP contribution in [-0.4, -0.2) is 16.1 Å². The molecule has 2 heterocycles. The summed E-state index contributed by atoms with van der Waals surface area (Å²) in [5.41, 5.74) is 4.03. The Morgan fingerprint density at radius 2 is 1.81 bits per heavy atom. The maximum absolute atomic E-state index is 13.1. The molecule has 4 rings (SSSR count). The molecule has 26 heavy (non-hydrogen) atoms. The van der Waals surface area contributed by atoms with Gasteiger partial charge in [0.1, 0.15) is 11.6 Å². The fourth-order valence-corrected chi connectivity index (χ4v) is 2.90. The molecule has 5 heteroatoms. The number of fused-ring (bicyclic) bond motifs is 1. The van der Waals surface area contributed by atoms with Crippen molar-refractivity contribution in [3.05, 3.63) is 77.7 Å². The molecular formula is C21H14FNO3. The zero-order valence-electron chi connectivity index (χ0n) is 13.9. The number of hydrogen-bond acceptors (Lipinski definition) is 3. The van der Waals surface area contributed by atoms with Crippen molar-refractivity contribution >= 4 is 17.1 Å². The molecule has 1 N–H and O–H groups in total. The van der Waals surface area contributed by atoms with Gasteiger partial charge in [0.2, 0.25) is 5.71 Å². The quantitative estimate of drug-likeness (QED) is 0.546. The van der Waals surface area contributed by atoms with Gasteiger partial charge < -0.3 is 9.52 Å². The van der Waals surface area contributed by atoms with E-state index in [2.05, 4.69) is 4.98 Å². The summed E-state index contributed by atoms with van der Waals surface area (Å²) in [6.45, 7) is 1.92. The maximum atomic E-state index is 13.1. The normalized spacial score (nSPS) is 11.0. The summed E-state index contributed by atoms with van der Waals surface area (Å²) in [6.07, 6.45) is 1.66. The molecular weight excluding hydrogens is 333 g/mol. The third-order valence-corrected chi connectivity index (χ3v) is 4.30. The van der Waals surface area contributed by atoms with Crippen LogP contribution < -0.4 is 0 Å². The van der Waals surface area contributed by atoms with Crippen LogP contribution in [0.1, 0.15) is 15.9 Å². The molecule has 0 unspecified atom stereocenters. The van der Waals surface area contributed by atoms with Gasteiger partial charge in [-0.3, -0.25) is 0 Å². The number of aromatic nitrogens is 1. The Labute approximate surface area is 148 Å². The smallest absolute Gasteiger partial charge is 0.335 e. The Morgan fingerprint density at radius 1 is 1.04 bits per heavy atom. The first-order valence-corrected chi connectivity index (χ1v) is 8.01. The number of rotatable bonds is 3.